The summed E-state index contributed by atoms with van der Waals surface area (Å²) in [7, 11) is 0. The average Bonchev–Trinajstić information content (AvgIpc) is 3.12. The fraction of sp³-hybridized carbons (Fsp3) is 0.211. The molecule has 5 nitrogen and oxygen atoms in total. The second-order valence-corrected chi connectivity index (χ2v) is 8.16. The fourth-order valence-electron chi connectivity index (χ4n) is 2.99. The molecule has 26 heavy (non-hydrogen) atoms. The highest BCUT2D eigenvalue weighted by Crippen LogP contribution is 2.43. The molecule has 0 aliphatic carbocycles. The zero-order chi connectivity index (χ0) is 18.7. The van der Waals surface area contributed by atoms with Gasteiger partial charge in [0.15, 0.2) is 0 Å². The summed E-state index contributed by atoms with van der Waals surface area (Å²) in [6, 6.07) is 15.2. The van der Waals surface area contributed by atoms with Crippen molar-refractivity contribution >= 4 is 38.3 Å². The summed E-state index contributed by atoms with van der Waals surface area (Å²) in [5.74, 6) is -0.197. The predicted molar refractivity (Wildman–Crippen MR) is 106 cm³/mol. The van der Waals surface area contributed by atoms with Crippen molar-refractivity contribution in [1.82, 2.24) is 10.2 Å². The van der Waals surface area contributed by atoms with E-state index in [1.807, 2.05) is 56.3 Å². The lowest BCUT2D eigenvalue weighted by Crippen LogP contribution is -2.37. The van der Waals surface area contributed by atoms with Gasteiger partial charge in [0, 0.05) is 5.92 Å². The number of carbonyl (C=O) groups excluding carboxylic acids is 1. The number of benzene rings is 2. The summed E-state index contributed by atoms with van der Waals surface area (Å²) in [5, 5.41) is 20.8. The summed E-state index contributed by atoms with van der Waals surface area (Å²) in [6.07, 6.45) is 0. The van der Waals surface area contributed by atoms with E-state index in [2.05, 4.69) is 31.4 Å². The van der Waals surface area contributed by atoms with E-state index in [9.17, 15) is 9.90 Å². The Kier molecular flexibility index (Phi) is 5.38. The molecule has 1 atom stereocenters. The van der Waals surface area contributed by atoms with Crippen LogP contribution in [-0.2, 0) is 4.79 Å². The topological polar surface area (TPSA) is 75.1 Å². The maximum absolute atomic E-state index is 13.0. The van der Waals surface area contributed by atoms with Gasteiger partial charge in [-0.15, -0.1) is 10.2 Å². The molecule has 0 radical (unpaired) electrons. The van der Waals surface area contributed by atoms with Crippen LogP contribution in [-0.4, -0.2) is 21.2 Å². The van der Waals surface area contributed by atoms with Crippen LogP contribution in [0.1, 0.15) is 30.9 Å². The van der Waals surface area contributed by atoms with Crippen LogP contribution < -0.4 is 5.32 Å². The zero-order valence-electron chi connectivity index (χ0n) is 14.3. The van der Waals surface area contributed by atoms with Crippen molar-refractivity contribution in [3.05, 3.63) is 69.6 Å². The number of nitrogens with zero attached hydrogens (tertiary/aromatic N) is 2. The van der Waals surface area contributed by atoms with E-state index in [0.717, 1.165) is 11.1 Å². The number of phenols is 1. The summed E-state index contributed by atoms with van der Waals surface area (Å²) in [5.41, 5.74) is 2.75. The number of phenolic OH excluding ortho intramolecular Hbond substituents is 1. The van der Waals surface area contributed by atoms with Gasteiger partial charge in [-0.3, -0.25) is 4.79 Å². The first-order chi connectivity index (χ1) is 12.4. The molecule has 2 aromatic carbocycles. The minimum atomic E-state index is -0.774. The molecule has 0 aliphatic rings. The molecule has 3 rings (SSSR count). The quantitative estimate of drug-likeness (QED) is 0.607. The van der Waals surface area contributed by atoms with Crippen LogP contribution in [0.15, 0.2) is 58.5 Å². The molecule has 1 heterocycles. The number of halogens is 1. The summed E-state index contributed by atoms with van der Waals surface area (Å²) in [6.45, 7) is 3.81. The lowest BCUT2D eigenvalue weighted by atomic mass is 9.70. The van der Waals surface area contributed by atoms with Crippen LogP contribution in [0.25, 0.3) is 0 Å². The molecular formula is C19H18BrN3O2S. The number of amides is 1. The van der Waals surface area contributed by atoms with Crippen LogP contribution >= 0.6 is 27.3 Å². The van der Waals surface area contributed by atoms with Gasteiger partial charge >= 0.3 is 0 Å². The molecule has 0 bridgehead atoms. The molecule has 0 fully saturated rings. The Bertz CT molecular complexity index is 898. The Morgan fingerprint density at radius 2 is 1.92 bits per heavy atom. The van der Waals surface area contributed by atoms with Crippen LogP contribution in [0.5, 0.6) is 5.75 Å². The van der Waals surface area contributed by atoms with Gasteiger partial charge in [0.05, 0.1) is 9.89 Å². The molecule has 134 valence electrons. The van der Waals surface area contributed by atoms with Crippen LogP contribution in [0, 0.1) is 5.41 Å². The van der Waals surface area contributed by atoms with Gasteiger partial charge in [0.1, 0.15) is 11.3 Å². The lowest BCUT2D eigenvalue weighted by molar-refractivity contribution is -0.124. The molecule has 0 saturated heterocycles. The van der Waals surface area contributed by atoms with E-state index in [-0.39, 0.29) is 17.6 Å². The van der Waals surface area contributed by atoms with Crippen molar-refractivity contribution < 1.29 is 9.90 Å². The zero-order valence-corrected chi connectivity index (χ0v) is 16.7. The first kappa shape index (κ1) is 18.5. The van der Waals surface area contributed by atoms with Gasteiger partial charge in [0.25, 0.3) is 0 Å². The molecule has 0 saturated carbocycles. The first-order valence-corrected chi connectivity index (χ1v) is 9.68. The highest BCUT2D eigenvalue weighted by molar-refractivity contribution is 9.10. The third-order valence-electron chi connectivity index (χ3n) is 4.33. The van der Waals surface area contributed by atoms with Gasteiger partial charge in [-0.2, -0.15) is 0 Å². The number of anilines is 1. The molecular weight excluding hydrogens is 414 g/mol. The van der Waals surface area contributed by atoms with Crippen molar-refractivity contribution in [2.75, 3.05) is 5.32 Å². The Morgan fingerprint density at radius 3 is 2.54 bits per heavy atom. The third kappa shape index (κ3) is 3.78. The van der Waals surface area contributed by atoms with E-state index >= 15 is 0 Å². The minimum absolute atomic E-state index is 0.146. The lowest BCUT2D eigenvalue weighted by Gasteiger charge is -2.34. The molecule has 7 heteroatoms. The largest absolute Gasteiger partial charge is 0.507 e. The van der Waals surface area contributed by atoms with Crippen molar-refractivity contribution in [3.63, 3.8) is 0 Å². The molecule has 0 unspecified atom stereocenters. The molecule has 1 aromatic heterocycles. The molecule has 1 amide bonds. The third-order valence-corrected chi connectivity index (χ3v) is 5.57. The standard InChI is InChI=1S/C19H18BrN3O2S/c1-19(2,17(25)22-18-23-21-11-26-18)16(12-6-4-3-5-7-12)13-8-9-15(24)14(20)10-13/h3-11,16,24H,1-2H3,(H,22,23,25)/t16-/m1/s1. The maximum atomic E-state index is 13.0. The van der Waals surface area contributed by atoms with Crippen molar-refractivity contribution in [1.29, 1.82) is 0 Å². The Balaban J connectivity index is 2.04. The van der Waals surface area contributed by atoms with Crippen molar-refractivity contribution in [2.45, 2.75) is 19.8 Å². The molecule has 0 aliphatic heterocycles. The normalized spacial score (nSPS) is 12.6. The number of hydrogen-bond acceptors (Lipinski definition) is 5. The predicted octanol–water partition coefficient (Wildman–Crippen LogP) is 4.80. The smallest absolute Gasteiger partial charge is 0.232 e. The second kappa shape index (κ2) is 7.55. The highest BCUT2D eigenvalue weighted by atomic mass is 79.9. The number of carbonyl (C=O) groups is 1. The fourth-order valence-corrected chi connectivity index (χ4v) is 3.83. The molecule has 0 spiro atoms. The van der Waals surface area contributed by atoms with E-state index in [1.54, 1.807) is 11.6 Å². The highest BCUT2D eigenvalue weighted by Gasteiger charge is 2.39. The average molecular weight is 432 g/mol. The van der Waals surface area contributed by atoms with Crippen molar-refractivity contribution in [3.8, 4) is 5.75 Å². The molecule has 3 aromatic rings. The van der Waals surface area contributed by atoms with Gasteiger partial charge in [-0.25, -0.2) is 0 Å². The van der Waals surface area contributed by atoms with Gasteiger partial charge < -0.3 is 10.4 Å². The Labute approximate surface area is 164 Å². The summed E-state index contributed by atoms with van der Waals surface area (Å²) < 4.78 is 0.594. The number of aromatic nitrogens is 2. The molecule has 2 N–H and O–H groups in total. The van der Waals surface area contributed by atoms with E-state index in [4.69, 9.17) is 0 Å². The van der Waals surface area contributed by atoms with E-state index in [1.165, 1.54) is 11.3 Å². The first-order valence-electron chi connectivity index (χ1n) is 8.00. The Hall–Kier alpha value is -2.25. The monoisotopic (exact) mass is 431 g/mol. The van der Waals surface area contributed by atoms with Crippen LogP contribution in [0.3, 0.4) is 0 Å². The van der Waals surface area contributed by atoms with Crippen LogP contribution in [0.2, 0.25) is 0 Å². The van der Waals surface area contributed by atoms with E-state index in [0.29, 0.717) is 9.60 Å². The van der Waals surface area contributed by atoms with Gasteiger partial charge in [0.2, 0.25) is 11.0 Å². The van der Waals surface area contributed by atoms with E-state index < -0.39 is 5.41 Å². The summed E-state index contributed by atoms with van der Waals surface area (Å²) in [4.78, 5) is 13.0. The number of aromatic hydroxyl groups is 1. The van der Waals surface area contributed by atoms with Gasteiger partial charge in [-0.05, 0) is 39.2 Å². The number of rotatable bonds is 5. The number of hydrogen-bond donors (Lipinski definition) is 2. The Morgan fingerprint density at radius 1 is 1.19 bits per heavy atom. The van der Waals surface area contributed by atoms with Crippen LogP contribution in [0.4, 0.5) is 5.13 Å². The SMILES string of the molecule is CC(C)(C(=O)Nc1nncs1)[C@H](c1ccccc1)c1ccc(O)c(Br)c1. The second-order valence-electron chi connectivity index (χ2n) is 6.47. The van der Waals surface area contributed by atoms with Gasteiger partial charge in [-0.1, -0.05) is 61.6 Å². The maximum Gasteiger partial charge on any atom is 0.232 e. The number of nitrogens with one attached hydrogen (secondary N) is 1. The summed E-state index contributed by atoms with van der Waals surface area (Å²) >= 11 is 4.65. The minimum Gasteiger partial charge on any atom is -0.507 e. The van der Waals surface area contributed by atoms with Crippen molar-refractivity contribution in [2.24, 2.45) is 5.41 Å².